The first-order valence-electron chi connectivity index (χ1n) is 13.4. The zero-order valence-corrected chi connectivity index (χ0v) is 23.6. The fourth-order valence-electron chi connectivity index (χ4n) is 4.47. The molecule has 3 aromatic carbocycles. The van der Waals surface area contributed by atoms with Crippen LogP contribution in [0.2, 0.25) is 0 Å². The van der Waals surface area contributed by atoms with E-state index in [1.165, 1.54) is 0 Å². The quantitative estimate of drug-likeness (QED) is 0.0817. The van der Waals surface area contributed by atoms with E-state index in [-0.39, 0.29) is 38.6 Å². The number of aliphatic hydroxyl groups is 1. The zero-order chi connectivity index (χ0) is 29.8. The topological polar surface area (TPSA) is 159 Å². The van der Waals surface area contributed by atoms with Gasteiger partial charge in [0.05, 0.1) is 27.4 Å². The zero-order valence-electron chi connectivity index (χ0n) is 23.6. The Morgan fingerprint density at radius 1 is 1.07 bits per heavy atom. The van der Waals surface area contributed by atoms with Crippen LogP contribution < -0.4 is 25.1 Å². The van der Waals surface area contributed by atoms with Gasteiger partial charge in [-0.1, -0.05) is 35.4 Å². The number of hydrazine groups is 1. The predicted molar refractivity (Wildman–Crippen MR) is 156 cm³/mol. The number of aliphatic imine (C=N–C) groups is 1. The molecular weight excluding hydrogens is 540 g/mol. The largest absolute Gasteiger partial charge is 0.497 e. The molecule has 0 bridgehead atoms. The summed E-state index contributed by atoms with van der Waals surface area (Å²) < 4.78 is 22.3. The van der Waals surface area contributed by atoms with Gasteiger partial charge in [-0.25, -0.2) is 10.4 Å². The van der Waals surface area contributed by atoms with Crippen molar-refractivity contribution < 1.29 is 28.8 Å². The standard InChI is InChI=1S/C30H34N6O6/c1-39-26-13-10-24(27(16-26)40-2)19-32-35-29(38)30(17-22-6-3-4-7-23(22)18-33-36-31)20-42-28(34-30)21-8-11-25(12-9-21)41-15-5-14-37/h3-4,6-13,16,32,37H,5,14-15,17-20H2,1-2H3,(H,35,38)/t30-/m0/s1. The lowest BCUT2D eigenvalue weighted by atomic mass is 9.89. The number of benzene rings is 3. The van der Waals surface area contributed by atoms with Crippen molar-refractivity contribution in [1.82, 2.24) is 10.9 Å². The lowest BCUT2D eigenvalue weighted by Gasteiger charge is -2.24. The van der Waals surface area contributed by atoms with Crippen LogP contribution in [0.4, 0.5) is 0 Å². The lowest BCUT2D eigenvalue weighted by molar-refractivity contribution is -0.127. The van der Waals surface area contributed by atoms with E-state index in [0.29, 0.717) is 41.7 Å². The molecule has 0 spiro atoms. The van der Waals surface area contributed by atoms with Crippen molar-refractivity contribution in [2.24, 2.45) is 10.1 Å². The summed E-state index contributed by atoms with van der Waals surface area (Å²) in [6, 6.07) is 20.1. The summed E-state index contributed by atoms with van der Waals surface area (Å²) >= 11 is 0. The molecule has 0 aliphatic carbocycles. The summed E-state index contributed by atoms with van der Waals surface area (Å²) in [6.07, 6.45) is 0.755. The Morgan fingerprint density at radius 2 is 1.83 bits per heavy atom. The number of hydrogen-bond acceptors (Lipinski definition) is 9. The SMILES string of the molecule is COc1ccc(CNNC(=O)[C@]2(Cc3ccccc3CN=[N+]=[N-])COC(c3ccc(OCCCO)cc3)=N2)c(OC)c1. The Balaban J connectivity index is 1.57. The van der Waals surface area contributed by atoms with Crippen molar-refractivity contribution in [3.05, 3.63) is 99.4 Å². The van der Waals surface area contributed by atoms with Gasteiger partial charge in [0.15, 0.2) is 5.54 Å². The van der Waals surface area contributed by atoms with Gasteiger partial charge in [-0.05, 0) is 47.0 Å². The minimum absolute atomic E-state index is 0.00626. The van der Waals surface area contributed by atoms with Gasteiger partial charge in [-0.15, -0.1) is 0 Å². The molecule has 0 unspecified atom stereocenters. The fraction of sp³-hybridized carbons (Fsp3) is 0.333. The molecule has 1 aliphatic heterocycles. The number of ether oxygens (including phenoxy) is 4. The molecule has 1 heterocycles. The maximum absolute atomic E-state index is 13.8. The van der Waals surface area contributed by atoms with Crippen molar-refractivity contribution >= 4 is 11.8 Å². The lowest BCUT2D eigenvalue weighted by Crippen LogP contribution is -2.52. The first-order valence-corrected chi connectivity index (χ1v) is 13.4. The highest BCUT2D eigenvalue weighted by molar-refractivity contribution is 6.00. The number of nitrogens with one attached hydrogen (secondary N) is 2. The molecule has 42 heavy (non-hydrogen) atoms. The van der Waals surface area contributed by atoms with Gasteiger partial charge in [0, 0.05) is 48.1 Å². The van der Waals surface area contributed by atoms with Crippen LogP contribution in [0.15, 0.2) is 76.8 Å². The summed E-state index contributed by atoms with van der Waals surface area (Å²) in [7, 11) is 3.15. The molecule has 3 N–H and O–H groups in total. The van der Waals surface area contributed by atoms with Gasteiger partial charge in [-0.2, -0.15) is 0 Å². The Morgan fingerprint density at radius 3 is 2.55 bits per heavy atom. The van der Waals surface area contributed by atoms with Crippen molar-refractivity contribution in [1.29, 1.82) is 0 Å². The fourth-order valence-corrected chi connectivity index (χ4v) is 4.47. The Kier molecular flexibility index (Phi) is 10.6. The van der Waals surface area contributed by atoms with E-state index >= 15 is 0 Å². The van der Waals surface area contributed by atoms with Crippen LogP contribution in [-0.2, 0) is 29.0 Å². The number of aliphatic hydroxyl groups excluding tert-OH is 1. The smallest absolute Gasteiger partial charge is 0.266 e. The number of methoxy groups -OCH3 is 2. The van der Waals surface area contributed by atoms with Gasteiger partial charge < -0.3 is 24.1 Å². The third kappa shape index (κ3) is 7.49. The molecule has 1 atom stereocenters. The third-order valence-corrected chi connectivity index (χ3v) is 6.74. The van der Waals surface area contributed by atoms with Crippen molar-refractivity contribution in [3.63, 3.8) is 0 Å². The van der Waals surface area contributed by atoms with E-state index in [2.05, 4.69) is 20.9 Å². The van der Waals surface area contributed by atoms with Crippen molar-refractivity contribution in [2.75, 3.05) is 34.0 Å². The number of carbonyl (C=O) groups is 1. The van der Waals surface area contributed by atoms with E-state index < -0.39 is 5.54 Å². The van der Waals surface area contributed by atoms with Crippen LogP contribution in [-0.4, -0.2) is 56.5 Å². The summed E-state index contributed by atoms with van der Waals surface area (Å²) in [5.74, 6) is 1.88. The summed E-state index contributed by atoms with van der Waals surface area (Å²) in [4.78, 5) is 21.5. The third-order valence-electron chi connectivity index (χ3n) is 6.74. The molecule has 12 nitrogen and oxygen atoms in total. The highest BCUT2D eigenvalue weighted by atomic mass is 16.5. The van der Waals surface area contributed by atoms with Crippen LogP contribution in [0, 0.1) is 0 Å². The normalized spacial score (nSPS) is 15.6. The maximum Gasteiger partial charge on any atom is 0.266 e. The molecule has 4 rings (SSSR count). The highest BCUT2D eigenvalue weighted by Gasteiger charge is 2.45. The second-order valence-electron chi connectivity index (χ2n) is 9.51. The first kappa shape index (κ1) is 30.2. The van der Waals surface area contributed by atoms with Crippen molar-refractivity contribution in [2.45, 2.75) is 31.5 Å². The van der Waals surface area contributed by atoms with Crippen LogP contribution in [0.25, 0.3) is 10.4 Å². The molecule has 0 radical (unpaired) electrons. The maximum atomic E-state index is 13.8. The molecule has 0 saturated heterocycles. The number of rotatable bonds is 15. The van der Waals surface area contributed by atoms with Gasteiger partial charge in [0.25, 0.3) is 5.91 Å². The number of azide groups is 1. The van der Waals surface area contributed by atoms with Gasteiger partial charge in [0.1, 0.15) is 23.9 Å². The van der Waals surface area contributed by atoms with Crippen molar-refractivity contribution in [3.8, 4) is 17.2 Å². The van der Waals surface area contributed by atoms with Crippen LogP contribution in [0.3, 0.4) is 0 Å². The molecule has 0 saturated carbocycles. The highest BCUT2D eigenvalue weighted by Crippen LogP contribution is 2.29. The molecule has 220 valence electrons. The monoisotopic (exact) mass is 574 g/mol. The van der Waals surface area contributed by atoms with Gasteiger partial charge >= 0.3 is 0 Å². The minimum atomic E-state index is -1.30. The molecule has 0 aromatic heterocycles. The Labute approximate surface area is 243 Å². The Bertz CT molecular complexity index is 1440. The van der Waals surface area contributed by atoms with E-state index in [1.807, 2.05) is 48.5 Å². The van der Waals surface area contributed by atoms with Gasteiger partial charge in [-0.3, -0.25) is 10.2 Å². The number of carbonyl (C=O) groups excluding carboxylic acids is 1. The molecule has 1 aliphatic rings. The van der Waals surface area contributed by atoms with Crippen LogP contribution >= 0.6 is 0 Å². The van der Waals surface area contributed by atoms with Crippen LogP contribution in [0.5, 0.6) is 17.2 Å². The number of nitrogens with zero attached hydrogens (tertiary/aromatic N) is 4. The summed E-state index contributed by atoms with van der Waals surface area (Å²) in [5.41, 5.74) is 16.5. The average molecular weight is 575 g/mol. The summed E-state index contributed by atoms with van der Waals surface area (Å²) in [5, 5.41) is 12.7. The molecule has 3 aromatic rings. The second kappa shape index (κ2) is 14.7. The molecule has 12 heteroatoms. The van der Waals surface area contributed by atoms with E-state index in [9.17, 15) is 4.79 Å². The first-order chi connectivity index (χ1) is 20.5. The van der Waals surface area contributed by atoms with E-state index in [1.54, 1.807) is 32.4 Å². The average Bonchev–Trinajstić information content (AvgIpc) is 3.46. The molecule has 1 amide bonds. The summed E-state index contributed by atoms with van der Waals surface area (Å²) in [6.45, 7) is 0.904. The van der Waals surface area contributed by atoms with E-state index in [4.69, 9.17) is 34.6 Å². The number of amides is 1. The van der Waals surface area contributed by atoms with Crippen LogP contribution in [0.1, 0.15) is 28.7 Å². The second-order valence-corrected chi connectivity index (χ2v) is 9.51. The minimum Gasteiger partial charge on any atom is -0.497 e. The number of hydrogen-bond donors (Lipinski definition) is 3. The molecule has 0 fully saturated rings. The Hall–Kier alpha value is -4.77. The molecular formula is C30H34N6O6. The predicted octanol–water partition coefficient (Wildman–Crippen LogP) is 3.85. The van der Waals surface area contributed by atoms with E-state index in [0.717, 1.165) is 16.7 Å². The van der Waals surface area contributed by atoms with Gasteiger partial charge in [0.2, 0.25) is 5.90 Å².